The van der Waals surface area contributed by atoms with Crippen LogP contribution in [0.1, 0.15) is 23.1 Å². The van der Waals surface area contributed by atoms with Crippen molar-refractivity contribution in [2.24, 2.45) is 5.92 Å². The van der Waals surface area contributed by atoms with Crippen LogP contribution in [0.5, 0.6) is 5.75 Å². The van der Waals surface area contributed by atoms with Crippen LogP contribution < -0.4 is 0 Å². The predicted octanol–water partition coefficient (Wildman–Crippen LogP) is 2.53. The Morgan fingerprint density at radius 2 is 2.14 bits per heavy atom. The lowest BCUT2D eigenvalue weighted by Gasteiger charge is -2.54. The molecule has 0 aromatic heterocycles. The van der Waals surface area contributed by atoms with Crippen LogP contribution in [0.3, 0.4) is 0 Å². The van der Waals surface area contributed by atoms with Crippen LogP contribution in [0.4, 0.5) is 0 Å². The number of hydrogen-bond donors (Lipinski definition) is 1. The summed E-state index contributed by atoms with van der Waals surface area (Å²) < 4.78 is 5.72. The molecule has 5 rings (SSSR count). The number of methoxy groups -OCH3 is 1. The maximum absolute atomic E-state index is 10.4. The number of likely N-dealkylation sites (N-methyl/N-ethyl adjacent to an activating group) is 1. The van der Waals surface area contributed by atoms with Crippen molar-refractivity contribution in [2.45, 2.75) is 30.7 Å². The third kappa shape index (κ3) is 1.24. The molecule has 1 aliphatic heterocycles. The molecule has 1 N–H and O–H groups in total. The third-order valence-corrected chi connectivity index (χ3v) is 6.51. The fraction of sp³-hybridized carbons (Fsp3) is 0.474. The highest BCUT2D eigenvalue weighted by atomic mass is 16.5. The number of ether oxygens (including phenoxy) is 1. The fourth-order valence-electron chi connectivity index (χ4n) is 5.58. The molecule has 1 unspecified atom stereocenters. The molecule has 3 nitrogen and oxygen atoms in total. The summed E-state index contributed by atoms with van der Waals surface area (Å²) in [6, 6.07) is 4.53. The largest absolute Gasteiger partial charge is 0.508 e. The summed E-state index contributed by atoms with van der Waals surface area (Å²) in [6.07, 6.45) is 7.56. The van der Waals surface area contributed by atoms with E-state index in [4.69, 9.17) is 4.74 Å². The molecule has 1 heterocycles. The Hall–Kier alpha value is -1.74. The normalized spacial score (nSPS) is 34.8. The smallest absolute Gasteiger partial charge is 0.119 e. The highest BCUT2D eigenvalue weighted by Gasteiger charge is 2.59. The Morgan fingerprint density at radius 1 is 1.27 bits per heavy atom. The second-order valence-corrected chi connectivity index (χ2v) is 7.17. The molecule has 1 aromatic carbocycles. The third-order valence-electron chi connectivity index (χ3n) is 6.51. The number of phenolic OH excluding ortho intramolecular Hbond substituents is 1. The van der Waals surface area contributed by atoms with Gasteiger partial charge in [-0.25, -0.2) is 0 Å². The number of piperidine rings is 1. The van der Waals surface area contributed by atoms with E-state index in [1.54, 1.807) is 12.7 Å². The molecule has 3 heteroatoms. The monoisotopic (exact) mass is 295 g/mol. The van der Waals surface area contributed by atoms with E-state index >= 15 is 0 Å². The lowest BCUT2D eigenvalue weighted by molar-refractivity contribution is 0.119. The molecule has 1 spiro atoms. The van der Waals surface area contributed by atoms with Gasteiger partial charge in [0.1, 0.15) is 11.5 Å². The summed E-state index contributed by atoms with van der Waals surface area (Å²) in [5, 5.41) is 10.4. The molecule has 3 atom stereocenters. The Balaban J connectivity index is 1.86. The van der Waals surface area contributed by atoms with E-state index in [1.807, 2.05) is 6.07 Å². The number of phenols is 1. The zero-order valence-corrected chi connectivity index (χ0v) is 13.1. The van der Waals surface area contributed by atoms with Gasteiger partial charge in [0.05, 0.1) is 7.11 Å². The number of benzene rings is 1. The average Bonchev–Trinajstić information content (AvgIpc) is 2.88. The molecule has 1 saturated heterocycles. The quantitative estimate of drug-likeness (QED) is 0.864. The van der Waals surface area contributed by atoms with Crippen molar-refractivity contribution in [3.05, 3.63) is 52.3 Å². The minimum atomic E-state index is 0.0684. The first-order valence-corrected chi connectivity index (χ1v) is 8.17. The van der Waals surface area contributed by atoms with Gasteiger partial charge in [0, 0.05) is 17.4 Å². The number of rotatable bonds is 1. The lowest BCUT2D eigenvalue weighted by atomic mass is 9.56. The molecule has 0 radical (unpaired) electrons. The second kappa shape index (κ2) is 3.96. The Bertz CT molecular complexity index is 748. The van der Waals surface area contributed by atoms with Gasteiger partial charge in [-0.2, -0.15) is 0 Å². The van der Waals surface area contributed by atoms with Gasteiger partial charge in [-0.1, -0.05) is 12.1 Å². The van der Waals surface area contributed by atoms with Gasteiger partial charge < -0.3 is 9.84 Å². The van der Waals surface area contributed by atoms with Crippen LogP contribution >= 0.6 is 0 Å². The molecular weight excluding hydrogens is 274 g/mol. The molecule has 0 saturated carbocycles. The maximum atomic E-state index is 10.4. The van der Waals surface area contributed by atoms with Crippen molar-refractivity contribution >= 4 is 0 Å². The van der Waals surface area contributed by atoms with E-state index in [9.17, 15) is 5.11 Å². The SMILES string of the molecule is COC1=CC=C2C3Cc4ccc(O)c5c4[C@@]2(CCN3C)[C@H]1C5. The van der Waals surface area contributed by atoms with Crippen LogP contribution in [0, 0.1) is 5.92 Å². The highest BCUT2D eigenvalue weighted by Crippen LogP contribution is 2.62. The van der Waals surface area contributed by atoms with Crippen LogP contribution in [0.25, 0.3) is 0 Å². The van der Waals surface area contributed by atoms with Crippen molar-refractivity contribution in [3.63, 3.8) is 0 Å². The van der Waals surface area contributed by atoms with Crippen molar-refractivity contribution in [2.75, 3.05) is 20.7 Å². The number of nitrogens with zero attached hydrogens (tertiary/aromatic N) is 1. The van der Waals surface area contributed by atoms with Gasteiger partial charge in [-0.15, -0.1) is 0 Å². The van der Waals surface area contributed by atoms with Crippen LogP contribution in [-0.4, -0.2) is 36.8 Å². The zero-order valence-electron chi connectivity index (χ0n) is 13.1. The number of likely N-dealkylation sites (tertiary alicyclic amines) is 1. The van der Waals surface area contributed by atoms with Crippen molar-refractivity contribution < 1.29 is 9.84 Å². The average molecular weight is 295 g/mol. The Kier molecular flexibility index (Phi) is 2.30. The summed E-state index contributed by atoms with van der Waals surface area (Å²) in [4.78, 5) is 2.49. The molecule has 0 amide bonds. The minimum absolute atomic E-state index is 0.0684. The second-order valence-electron chi connectivity index (χ2n) is 7.17. The standard InChI is InChI=1S/C19H21NO2/c1-20-8-7-19-13-4-6-17(22-2)14(19)10-12-16(21)5-3-11(18(12)19)9-15(13)20/h3-6,14-15,21H,7-10H2,1-2H3/t14-,15?,19+/m0/s1. The van der Waals surface area contributed by atoms with E-state index in [2.05, 4.69) is 30.2 Å². The van der Waals surface area contributed by atoms with E-state index in [0.29, 0.717) is 17.7 Å². The van der Waals surface area contributed by atoms with E-state index in [-0.39, 0.29) is 5.41 Å². The van der Waals surface area contributed by atoms with Crippen LogP contribution in [-0.2, 0) is 23.0 Å². The molecule has 3 aliphatic carbocycles. The summed E-state index contributed by atoms with van der Waals surface area (Å²) in [6.45, 7) is 1.12. The first-order valence-electron chi connectivity index (χ1n) is 8.17. The van der Waals surface area contributed by atoms with Gasteiger partial charge in [0.25, 0.3) is 0 Å². The number of aromatic hydroxyl groups is 1. The summed E-state index contributed by atoms with van der Waals surface area (Å²) >= 11 is 0. The summed E-state index contributed by atoms with van der Waals surface area (Å²) in [5.41, 5.74) is 5.64. The van der Waals surface area contributed by atoms with Crippen LogP contribution in [0.15, 0.2) is 35.6 Å². The fourth-order valence-corrected chi connectivity index (χ4v) is 5.58. The molecule has 1 aromatic rings. The summed E-state index contributed by atoms with van der Waals surface area (Å²) in [7, 11) is 4.02. The number of allylic oxidation sites excluding steroid dienone is 3. The predicted molar refractivity (Wildman–Crippen MR) is 84.9 cm³/mol. The molecule has 4 aliphatic rings. The van der Waals surface area contributed by atoms with E-state index in [1.165, 1.54) is 16.7 Å². The summed E-state index contributed by atoms with van der Waals surface area (Å²) in [5.74, 6) is 1.90. The topological polar surface area (TPSA) is 32.7 Å². The van der Waals surface area contributed by atoms with Gasteiger partial charge in [-0.3, -0.25) is 4.90 Å². The molecule has 114 valence electrons. The first kappa shape index (κ1) is 12.8. The Labute approximate surface area is 130 Å². The van der Waals surface area contributed by atoms with Crippen molar-refractivity contribution in [3.8, 4) is 5.75 Å². The zero-order chi connectivity index (χ0) is 15.1. The minimum Gasteiger partial charge on any atom is -0.508 e. The van der Waals surface area contributed by atoms with Gasteiger partial charge in [-0.05, 0) is 67.3 Å². The van der Waals surface area contributed by atoms with Crippen LogP contribution in [0.2, 0.25) is 0 Å². The first-order chi connectivity index (χ1) is 10.7. The number of hydrogen-bond acceptors (Lipinski definition) is 3. The van der Waals surface area contributed by atoms with E-state index in [0.717, 1.165) is 31.6 Å². The molecular formula is C19H21NO2. The van der Waals surface area contributed by atoms with E-state index < -0.39 is 0 Å². The van der Waals surface area contributed by atoms with Gasteiger partial charge in [0.2, 0.25) is 0 Å². The Morgan fingerprint density at radius 3 is 2.95 bits per heavy atom. The van der Waals surface area contributed by atoms with Crippen molar-refractivity contribution in [1.29, 1.82) is 0 Å². The highest BCUT2D eigenvalue weighted by molar-refractivity contribution is 5.64. The van der Waals surface area contributed by atoms with Gasteiger partial charge in [0.15, 0.2) is 0 Å². The van der Waals surface area contributed by atoms with Gasteiger partial charge >= 0.3 is 0 Å². The maximum Gasteiger partial charge on any atom is 0.119 e. The molecule has 1 fully saturated rings. The lowest BCUT2D eigenvalue weighted by Crippen LogP contribution is -2.56. The molecule has 22 heavy (non-hydrogen) atoms. The molecule has 2 bridgehead atoms. The van der Waals surface area contributed by atoms with Crippen molar-refractivity contribution in [1.82, 2.24) is 4.90 Å².